The van der Waals surface area contributed by atoms with Crippen molar-refractivity contribution >= 4 is 23.0 Å². The van der Waals surface area contributed by atoms with E-state index in [0.717, 1.165) is 80.4 Å². The Morgan fingerprint density at radius 2 is 1.76 bits per heavy atom. The van der Waals surface area contributed by atoms with Crippen LogP contribution in [0.25, 0.3) is 11.1 Å². The summed E-state index contributed by atoms with van der Waals surface area (Å²) in [6.45, 7) is 7.79. The lowest BCUT2D eigenvalue weighted by molar-refractivity contribution is 0.0112. The van der Waals surface area contributed by atoms with Gasteiger partial charge in [-0.3, -0.25) is 14.4 Å². The molecule has 5 heterocycles. The Bertz CT molecular complexity index is 1820. The first-order chi connectivity index (χ1) is 24.1. The minimum Gasteiger partial charge on any atom is -0.494 e. The molecule has 1 spiro atoms. The van der Waals surface area contributed by atoms with Gasteiger partial charge >= 0.3 is 0 Å². The number of nitrogens with zero attached hydrogens (tertiary/aromatic N) is 7. The molecule has 0 bridgehead atoms. The number of hydrogen-bond acceptors (Lipinski definition) is 9. The third kappa shape index (κ3) is 6.72. The normalized spacial score (nSPS) is 19.7. The average molecular weight is 691 g/mol. The highest BCUT2D eigenvalue weighted by atomic mass is 19.2. The number of alkyl halides is 1. The van der Waals surface area contributed by atoms with Crippen molar-refractivity contribution in [1.29, 1.82) is 0 Å². The van der Waals surface area contributed by atoms with Gasteiger partial charge in [-0.15, -0.1) is 0 Å². The van der Waals surface area contributed by atoms with Crippen molar-refractivity contribution in [1.82, 2.24) is 24.6 Å². The zero-order chi connectivity index (χ0) is 35.0. The van der Waals surface area contributed by atoms with E-state index in [4.69, 9.17) is 9.57 Å². The maximum Gasteiger partial charge on any atom is 0.159 e. The Hall–Kier alpha value is -4.36. The first-order valence-corrected chi connectivity index (χ1v) is 17.3. The van der Waals surface area contributed by atoms with Crippen molar-refractivity contribution in [3.63, 3.8) is 0 Å². The predicted molar refractivity (Wildman–Crippen MR) is 187 cm³/mol. The minimum absolute atomic E-state index is 0.285. The Morgan fingerprint density at radius 1 is 1.00 bits per heavy atom. The van der Waals surface area contributed by atoms with E-state index in [0.29, 0.717) is 36.0 Å². The molecule has 3 fully saturated rings. The molecule has 266 valence electrons. The molecule has 0 unspecified atom stereocenters. The predicted octanol–water partition coefficient (Wildman–Crippen LogP) is 7.22. The van der Waals surface area contributed by atoms with Gasteiger partial charge in [-0.05, 0) is 81.8 Å². The summed E-state index contributed by atoms with van der Waals surface area (Å²) >= 11 is 0. The third-order valence-electron chi connectivity index (χ3n) is 10.9. The summed E-state index contributed by atoms with van der Waals surface area (Å²) in [5, 5.41) is 9.52. The number of hydroxylamine groups is 1. The average Bonchev–Trinajstić information content (AvgIpc) is 3.80. The van der Waals surface area contributed by atoms with E-state index >= 15 is 0 Å². The number of methoxy groups -OCH3 is 1. The second-order valence-electron chi connectivity index (χ2n) is 14.4. The van der Waals surface area contributed by atoms with Crippen LogP contribution in [0.5, 0.6) is 5.75 Å². The number of hydrogen-bond donors (Lipinski definition) is 1. The van der Waals surface area contributed by atoms with Crippen molar-refractivity contribution in [2.75, 3.05) is 61.9 Å². The Morgan fingerprint density at radius 3 is 2.44 bits per heavy atom. The first kappa shape index (κ1) is 34.1. The summed E-state index contributed by atoms with van der Waals surface area (Å²) in [5.41, 5.74) is 4.28. The Balaban J connectivity index is 1.13. The fourth-order valence-electron chi connectivity index (χ4n) is 7.67. The number of rotatable bonds is 9. The number of aryl methyl sites for hydroxylation is 1. The van der Waals surface area contributed by atoms with Gasteiger partial charge in [0.25, 0.3) is 0 Å². The highest BCUT2D eigenvalue weighted by Gasteiger charge is 2.41. The van der Waals surface area contributed by atoms with Crippen molar-refractivity contribution in [3.05, 3.63) is 72.3 Å². The highest BCUT2D eigenvalue weighted by molar-refractivity contribution is 5.85. The van der Waals surface area contributed by atoms with Crippen LogP contribution in [0.15, 0.2) is 55.1 Å². The van der Waals surface area contributed by atoms with Crippen molar-refractivity contribution < 1.29 is 22.7 Å². The summed E-state index contributed by atoms with van der Waals surface area (Å²) in [6.07, 6.45) is 10.3. The molecule has 1 atom stereocenters. The van der Waals surface area contributed by atoms with E-state index in [2.05, 4.69) is 42.3 Å². The van der Waals surface area contributed by atoms with E-state index in [1.54, 1.807) is 29.0 Å². The number of piperidine rings is 2. The van der Waals surface area contributed by atoms with Gasteiger partial charge in [-0.2, -0.15) is 5.10 Å². The summed E-state index contributed by atoms with van der Waals surface area (Å²) in [5.74, 6) is -0.132. The molecule has 3 saturated heterocycles. The zero-order valence-corrected chi connectivity index (χ0v) is 29.1. The molecule has 2 aromatic heterocycles. The van der Waals surface area contributed by atoms with E-state index in [1.165, 1.54) is 12.4 Å². The lowest BCUT2D eigenvalue weighted by Gasteiger charge is -2.50. The molecule has 0 saturated carbocycles. The van der Waals surface area contributed by atoms with Crippen LogP contribution in [-0.4, -0.2) is 76.8 Å². The molecule has 7 rings (SSSR count). The van der Waals surface area contributed by atoms with Crippen molar-refractivity contribution in [3.8, 4) is 16.9 Å². The number of ether oxygens (including phenoxy) is 1. The molecule has 10 nitrogen and oxygen atoms in total. The van der Waals surface area contributed by atoms with Crippen molar-refractivity contribution in [2.45, 2.75) is 57.5 Å². The quantitative estimate of drug-likeness (QED) is 0.196. The van der Waals surface area contributed by atoms with Crippen LogP contribution in [-0.2, 0) is 11.9 Å². The number of halogens is 3. The summed E-state index contributed by atoms with van der Waals surface area (Å²) in [6, 6.07) is 9.49. The Kier molecular flexibility index (Phi) is 9.38. The van der Waals surface area contributed by atoms with E-state index in [9.17, 15) is 13.2 Å². The lowest BCUT2D eigenvalue weighted by Crippen LogP contribution is -2.53. The largest absolute Gasteiger partial charge is 0.494 e. The van der Waals surface area contributed by atoms with Gasteiger partial charge in [-0.25, -0.2) is 28.2 Å². The van der Waals surface area contributed by atoms with Gasteiger partial charge in [0.2, 0.25) is 0 Å². The molecule has 0 aliphatic carbocycles. The first-order valence-electron chi connectivity index (χ1n) is 17.3. The van der Waals surface area contributed by atoms with Crippen LogP contribution in [0.4, 0.5) is 36.2 Å². The van der Waals surface area contributed by atoms with Crippen LogP contribution in [0, 0.1) is 17.0 Å². The van der Waals surface area contributed by atoms with Gasteiger partial charge in [0.15, 0.2) is 17.5 Å². The molecular weight excluding hydrogens is 645 g/mol. The van der Waals surface area contributed by atoms with Crippen molar-refractivity contribution in [2.24, 2.45) is 12.5 Å². The van der Waals surface area contributed by atoms with Crippen LogP contribution in [0.2, 0.25) is 0 Å². The fourth-order valence-corrected chi connectivity index (χ4v) is 7.67. The number of anilines is 4. The molecule has 2 aromatic carbocycles. The molecule has 0 amide bonds. The zero-order valence-electron chi connectivity index (χ0n) is 29.1. The maximum absolute atomic E-state index is 14.1. The van der Waals surface area contributed by atoms with Gasteiger partial charge in [-0.1, -0.05) is 6.07 Å². The van der Waals surface area contributed by atoms with Gasteiger partial charge in [0, 0.05) is 67.2 Å². The molecule has 3 aliphatic heterocycles. The second kappa shape index (κ2) is 13.7. The topological polar surface area (TPSA) is 83.8 Å². The van der Waals surface area contributed by atoms with E-state index < -0.39 is 17.2 Å². The second-order valence-corrected chi connectivity index (χ2v) is 14.4. The van der Waals surface area contributed by atoms with E-state index in [1.807, 2.05) is 33.3 Å². The number of benzene rings is 2. The molecule has 0 radical (unpaired) electrons. The fraction of sp³-hybridized carbons (Fsp3) is 0.486. The molecule has 1 N–H and O–H groups in total. The van der Waals surface area contributed by atoms with Crippen LogP contribution >= 0.6 is 0 Å². The maximum atomic E-state index is 14.1. The Labute approximate surface area is 291 Å². The SMILES string of the molecule is COc1cc(N2CCC3(CC2)CCN(C(C)(C)CF)CC3)c(-c2cnn(C)c2)cc1Nc1cc(N2OCC[C@@H]2c2ccc(F)c(F)c2)ncn1. The van der Waals surface area contributed by atoms with Gasteiger partial charge in [0.05, 0.1) is 31.6 Å². The molecular formula is C37H45F3N8O2. The smallest absolute Gasteiger partial charge is 0.159 e. The molecule has 4 aromatic rings. The lowest BCUT2D eigenvalue weighted by atomic mass is 9.70. The van der Waals surface area contributed by atoms with Crippen LogP contribution in [0.1, 0.15) is 57.6 Å². The molecule has 50 heavy (non-hydrogen) atoms. The number of nitrogens with one attached hydrogen (secondary N) is 1. The van der Waals surface area contributed by atoms with Gasteiger partial charge < -0.3 is 15.0 Å². The molecule has 3 aliphatic rings. The third-order valence-corrected chi connectivity index (χ3v) is 10.9. The highest BCUT2D eigenvalue weighted by Crippen LogP contribution is 2.47. The standard InChI is InChI=1S/C37H45F3N8O2/c1-36(2,23-38)47-14-10-37(11-15-47)8-12-46(13-9-37)32-19-33(49-4)30(18-27(32)26-21-43-45(3)22-26)44-34-20-35(42-24-41-34)48-31(7-16-50-48)25-5-6-28(39)29(40)17-25/h5-6,17-22,24,31H,7-16,23H2,1-4H3,(H,41,42,44)/t31-/m1/s1. The number of likely N-dealkylation sites (tertiary alicyclic amines) is 1. The van der Waals surface area contributed by atoms with Gasteiger partial charge in [0.1, 0.15) is 24.6 Å². The van der Waals surface area contributed by atoms with Crippen LogP contribution in [0.3, 0.4) is 0 Å². The number of aromatic nitrogens is 4. The summed E-state index contributed by atoms with van der Waals surface area (Å²) in [4.78, 5) is 19.6. The monoisotopic (exact) mass is 690 g/mol. The summed E-state index contributed by atoms with van der Waals surface area (Å²) in [7, 11) is 3.56. The molecule has 13 heteroatoms. The summed E-state index contributed by atoms with van der Waals surface area (Å²) < 4.78 is 49.2. The van der Waals surface area contributed by atoms with Crippen LogP contribution < -0.4 is 20.0 Å². The minimum atomic E-state index is -0.900. The van der Waals surface area contributed by atoms with E-state index in [-0.39, 0.29) is 18.1 Å².